The van der Waals surface area contributed by atoms with Crippen molar-refractivity contribution in [2.24, 2.45) is 0 Å². The summed E-state index contributed by atoms with van der Waals surface area (Å²) >= 11 is 0. The van der Waals surface area contributed by atoms with E-state index in [1.54, 1.807) is 0 Å². The highest BCUT2D eigenvalue weighted by Gasteiger charge is 2.56. The molecule has 2 saturated heterocycles. The van der Waals surface area contributed by atoms with Gasteiger partial charge in [-0.25, -0.2) is 4.79 Å². The van der Waals surface area contributed by atoms with Crippen molar-refractivity contribution in [1.29, 1.82) is 0 Å². The highest BCUT2D eigenvalue weighted by Crippen LogP contribution is 2.35. The molecule has 2 aliphatic rings. The number of rotatable bonds is 16. The number of amides is 2. The van der Waals surface area contributed by atoms with E-state index in [9.17, 15) is 50.1 Å². The molecule has 2 aromatic rings. The summed E-state index contributed by atoms with van der Waals surface area (Å²) in [6.45, 7) is -1.92. The third kappa shape index (κ3) is 11.7. The molecule has 2 aromatic carbocycles. The molecule has 292 valence electrons. The highest BCUT2D eigenvalue weighted by atomic mass is 16.7. The van der Waals surface area contributed by atoms with E-state index >= 15 is 0 Å². The SMILES string of the molecule is C#CCCOC1OC(COC2(C(=O)O)C[C@H](O)C(NC(=O)CO)[C@H](C(O)CCNC(=O)Cc3ccc(-c4ccccc4)cc3)O2)C(O)C(O)[C@H]1O.CO. The Balaban J connectivity index is 0.00000372. The monoisotopic (exact) mass is 748 g/mol. The van der Waals surface area contributed by atoms with E-state index in [4.69, 9.17) is 30.5 Å². The Morgan fingerprint density at radius 1 is 0.981 bits per heavy atom. The summed E-state index contributed by atoms with van der Waals surface area (Å²) in [6, 6.07) is 15.7. The Kier molecular flexibility index (Phi) is 17.2. The number of hydrogen-bond acceptors (Lipinski definition) is 14. The van der Waals surface area contributed by atoms with Crippen LogP contribution in [0.25, 0.3) is 11.1 Å². The molecule has 0 saturated carbocycles. The molecule has 0 bridgehead atoms. The molecule has 0 radical (unpaired) electrons. The van der Waals surface area contributed by atoms with E-state index < -0.39 is 92.4 Å². The van der Waals surface area contributed by atoms with Gasteiger partial charge in [0.15, 0.2) is 6.29 Å². The van der Waals surface area contributed by atoms with Crippen molar-refractivity contribution in [3.8, 4) is 23.5 Å². The number of nitrogens with one attached hydrogen (secondary N) is 2. The first-order chi connectivity index (χ1) is 25.4. The number of carboxylic acid groups (broad SMARTS) is 1. The molecule has 10 N–H and O–H groups in total. The highest BCUT2D eigenvalue weighted by molar-refractivity contribution is 5.79. The fourth-order valence-electron chi connectivity index (χ4n) is 5.84. The molecule has 0 spiro atoms. The summed E-state index contributed by atoms with van der Waals surface area (Å²) in [7, 11) is 1.00. The van der Waals surface area contributed by atoms with E-state index in [0.29, 0.717) is 0 Å². The van der Waals surface area contributed by atoms with Gasteiger partial charge in [-0.05, 0) is 23.1 Å². The zero-order valence-corrected chi connectivity index (χ0v) is 29.1. The standard InChI is InChI=1S/C35H44N2O14.CH4O/c1-2-3-15-48-33-31(45)30(44)29(43)25(50-33)19-49-35(34(46)47)17-24(40)28(37-27(42)18-38)32(51-35)23(39)13-14-36-26(41)16-20-9-11-22(12-10-20)21-7-5-4-6-8-21;1-2/h1,4-12,23-25,28-33,38-40,43-45H,3,13-19H2,(H,36,41)(H,37,42)(H,46,47);2H,1H3/t23?,24-,25?,28?,29?,30?,31+,32-,33?,35?;/m0./s1. The number of benzene rings is 2. The van der Waals surface area contributed by atoms with Crippen LogP contribution in [0.2, 0.25) is 0 Å². The molecule has 4 rings (SSSR count). The molecule has 0 aliphatic carbocycles. The minimum atomic E-state index is -2.68. The predicted octanol–water partition coefficient (Wildman–Crippen LogP) is -2.36. The van der Waals surface area contributed by atoms with Gasteiger partial charge in [-0.15, -0.1) is 12.3 Å². The topological polar surface area (TPSA) is 274 Å². The number of terminal acetylenes is 1. The molecule has 0 aromatic heterocycles. The second-order valence-corrected chi connectivity index (χ2v) is 12.3. The van der Waals surface area contributed by atoms with Crippen molar-refractivity contribution in [2.75, 3.05) is 33.5 Å². The lowest BCUT2D eigenvalue weighted by Crippen LogP contribution is -2.67. The maximum Gasteiger partial charge on any atom is 0.364 e. The van der Waals surface area contributed by atoms with E-state index in [1.165, 1.54) is 0 Å². The van der Waals surface area contributed by atoms with Gasteiger partial charge >= 0.3 is 5.97 Å². The summed E-state index contributed by atoms with van der Waals surface area (Å²) in [5.41, 5.74) is 2.74. The van der Waals surface area contributed by atoms with Gasteiger partial charge < -0.3 is 70.4 Å². The molecule has 17 heteroatoms. The van der Waals surface area contributed by atoms with Gasteiger partial charge in [0.2, 0.25) is 11.8 Å². The first-order valence-corrected chi connectivity index (χ1v) is 16.8. The molecule has 7 unspecified atom stereocenters. The van der Waals surface area contributed by atoms with Gasteiger partial charge in [0.25, 0.3) is 5.79 Å². The van der Waals surface area contributed by atoms with Crippen LogP contribution < -0.4 is 10.6 Å². The fourth-order valence-corrected chi connectivity index (χ4v) is 5.84. The second kappa shape index (κ2) is 21.0. The summed E-state index contributed by atoms with van der Waals surface area (Å²) in [6.07, 6.45) is -8.73. The fraction of sp³-hybridized carbons (Fsp3) is 0.528. The predicted molar refractivity (Wildman–Crippen MR) is 184 cm³/mol. The number of aliphatic carboxylic acids is 1. The maximum atomic E-state index is 12.7. The average molecular weight is 749 g/mol. The van der Waals surface area contributed by atoms with Crippen LogP contribution in [0, 0.1) is 12.3 Å². The van der Waals surface area contributed by atoms with Crippen molar-refractivity contribution >= 4 is 17.8 Å². The first kappa shape index (κ1) is 43.4. The van der Waals surface area contributed by atoms with Crippen LogP contribution >= 0.6 is 0 Å². The minimum absolute atomic E-state index is 0.0333. The Morgan fingerprint density at radius 2 is 1.64 bits per heavy atom. The Labute approximate surface area is 306 Å². The summed E-state index contributed by atoms with van der Waals surface area (Å²) in [5, 5.41) is 84.8. The lowest BCUT2D eigenvalue weighted by Gasteiger charge is -2.47. The Hall–Kier alpha value is -4.03. The van der Waals surface area contributed by atoms with Gasteiger partial charge in [-0.1, -0.05) is 54.6 Å². The average Bonchev–Trinajstić information content (AvgIpc) is 3.16. The lowest BCUT2D eigenvalue weighted by atomic mass is 9.89. The van der Waals surface area contributed by atoms with Crippen molar-refractivity contribution in [2.45, 2.75) is 86.5 Å². The van der Waals surface area contributed by atoms with Crippen LogP contribution in [0.3, 0.4) is 0 Å². The summed E-state index contributed by atoms with van der Waals surface area (Å²) < 4.78 is 22.2. The number of carbonyl (C=O) groups is 3. The first-order valence-electron chi connectivity index (χ1n) is 16.8. The smallest absolute Gasteiger partial charge is 0.364 e. The molecular formula is C36H48N2O15. The number of carbonyl (C=O) groups excluding carboxylic acids is 2. The minimum Gasteiger partial charge on any atom is -0.477 e. The van der Waals surface area contributed by atoms with E-state index in [-0.39, 0.29) is 38.3 Å². The number of ether oxygens (including phenoxy) is 4. The third-order valence-electron chi connectivity index (χ3n) is 8.61. The normalized spacial score (nSPS) is 28.7. The summed E-state index contributed by atoms with van der Waals surface area (Å²) in [5.74, 6) is -3.41. The molecule has 2 heterocycles. The number of aliphatic hydroxyl groups is 7. The van der Waals surface area contributed by atoms with Crippen molar-refractivity contribution in [3.05, 3.63) is 60.2 Å². The zero-order chi connectivity index (χ0) is 39.1. The Bertz CT molecular complexity index is 1490. The van der Waals surface area contributed by atoms with Gasteiger partial charge in [0.05, 0.1) is 37.9 Å². The van der Waals surface area contributed by atoms with E-state index in [2.05, 4.69) is 16.6 Å². The van der Waals surface area contributed by atoms with Gasteiger partial charge in [-0.3, -0.25) is 9.59 Å². The quantitative estimate of drug-likeness (QED) is 0.0636. The molecule has 2 aliphatic heterocycles. The number of hydrogen-bond donors (Lipinski definition) is 10. The van der Waals surface area contributed by atoms with Crippen molar-refractivity contribution in [1.82, 2.24) is 10.6 Å². The van der Waals surface area contributed by atoms with E-state index in [0.717, 1.165) is 23.8 Å². The van der Waals surface area contributed by atoms with Crippen molar-refractivity contribution in [3.63, 3.8) is 0 Å². The maximum absolute atomic E-state index is 12.7. The van der Waals surface area contributed by atoms with Gasteiger partial charge in [0.1, 0.15) is 37.1 Å². The Morgan fingerprint density at radius 3 is 2.26 bits per heavy atom. The molecule has 2 amide bonds. The van der Waals surface area contributed by atoms with Crippen LogP contribution in [-0.4, -0.2) is 153 Å². The van der Waals surface area contributed by atoms with E-state index in [1.807, 2.05) is 54.6 Å². The van der Waals surface area contributed by atoms with Crippen molar-refractivity contribution < 1.29 is 74.2 Å². The molecule has 53 heavy (non-hydrogen) atoms. The van der Waals surface area contributed by atoms with Crippen LogP contribution in [0.1, 0.15) is 24.8 Å². The third-order valence-corrected chi connectivity index (χ3v) is 8.61. The van der Waals surface area contributed by atoms with Gasteiger partial charge in [-0.2, -0.15) is 0 Å². The lowest BCUT2D eigenvalue weighted by molar-refractivity contribution is -0.336. The molecule has 2 fully saturated rings. The number of carboxylic acids is 1. The van der Waals surface area contributed by atoms with Crippen LogP contribution in [-0.2, 0) is 39.8 Å². The zero-order valence-electron chi connectivity index (χ0n) is 29.1. The molecule has 10 atom stereocenters. The second-order valence-electron chi connectivity index (χ2n) is 12.3. The molecular weight excluding hydrogens is 700 g/mol. The van der Waals surface area contributed by atoms with Crippen LogP contribution in [0.5, 0.6) is 0 Å². The molecule has 17 nitrogen and oxygen atoms in total. The largest absolute Gasteiger partial charge is 0.477 e. The summed E-state index contributed by atoms with van der Waals surface area (Å²) in [4.78, 5) is 37.4. The van der Waals surface area contributed by atoms with Gasteiger partial charge in [0, 0.05) is 26.5 Å². The van der Waals surface area contributed by atoms with Crippen LogP contribution in [0.15, 0.2) is 54.6 Å². The van der Waals surface area contributed by atoms with Crippen LogP contribution in [0.4, 0.5) is 0 Å². The number of aliphatic hydroxyl groups excluding tert-OH is 7.